The molecule has 1 saturated carbocycles. The van der Waals surface area contributed by atoms with Crippen molar-refractivity contribution in [2.45, 2.75) is 43.4 Å². The van der Waals surface area contributed by atoms with Crippen molar-refractivity contribution in [3.05, 3.63) is 33.3 Å². The van der Waals surface area contributed by atoms with Crippen molar-refractivity contribution in [2.75, 3.05) is 5.32 Å². The van der Waals surface area contributed by atoms with E-state index in [-0.39, 0.29) is 34.8 Å². The van der Waals surface area contributed by atoms with Crippen molar-refractivity contribution in [3.8, 4) is 0 Å². The van der Waals surface area contributed by atoms with Crippen molar-refractivity contribution in [3.63, 3.8) is 0 Å². The number of non-ortho nitro benzene ring substituents is 1. The summed E-state index contributed by atoms with van der Waals surface area (Å²) in [7, 11) is 0. The van der Waals surface area contributed by atoms with E-state index in [1.54, 1.807) is 0 Å². The van der Waals surface area contributed by atoms with E-state index in [2.05, 4.69) is 15.6 Å². The molecule has 0 bridgehead atoms. The van der Waals surface area contributed by atoms with E-state index in [0.717, 1.165) is 25.7 Å². The Kier molecular flexibility index (Phi) is 5.77. The van der Waals surface area contributed by atoms with E-state index < -0.39 is 16.1 Å². The molecule has 1 atom stereocenters. The van der Waals surface area contributed by atoms with Crippen molar-refractivity contribution in [2.24, 2.45) is 4.99 Å². The average Bonchev–Trinajstić information content (AvgIpc) is 3.20. The Balaban J connectivity index is 1.60. The monoisotopic (exact) mass is 396 g/mol. The molecule has 138 valence electrons. The molecular weight excluding hydrogens is 380 g/mol. The second kappa shape index (κ2) is 8.05. The van der Waals surface area contributed by atoms with Crippen molar-refractivity contribution < 1.29 is 14.5 Å². The number of nitrogens with zero attached hydrogens (tertiary/aromatic N) is 2. The first kappa shape index (κ1) is 18.7. The topological polar surface area (TPSA) is 114 Å². The maximum atomic E-state index is 12.2. The molecule has 2 N–H and O–H groups in total. The lowest BCUT2D eigenvalue weighted by Crippen LogP contribution is -2.28. The van der Waals surface area contributed by atoms with Crippen molar-refractivity contribution in [1.82, 2.24) is 5.32 Å². The van der Waals surface area contributed by atoms with Crippen molar-refractivity contribution >= 4 is 51.7 Å². The molecule has 1 heterocycles. The first-order valence-corrected chi connectivity index (χ1v) is 9.47. The highest BCUT2D eigenvalue weighted by molar-refractivity contribution is 8.15. The Morgan fingerprint density at radius 2 is 2.15 bits per heavy atom. The van der Waals surface area contributed by atoms with Crippen LogP contribution in [0.25, 0.3) is 0 Å². The van der Waals surface area contributed by atoms with E-state index in [4.69, 9.17) is 11.6 Å². The minimum atomic E-state index is -0.576. The highest BCUT2D eigenvalue weighted by Gasteiger charge is 2.33. The van der Waals surface area contributed by atoms with Gasteiger partial charge >= 0.3 is 0 Å². The lowest BCUT2D eigenvalue weighted by molar-refractivity contribution is -0.384. The zero-order valence-corrected chi connectivity index (χ0v) is 15.3. The van der Waals surface area contributed by atoms with E-state index >= 15 is 0 Å². The molecule has 1 aromatic carbocycles. The first-order valence-electron chi connectivity index (χ1n) is 8.21. The van der Waals surface area contributed by atoms with E-state index in [1.807, 2.05) is 0 Å². The van der Waals surface area contributed by atoms with Crippen LogP contribution in [0.2, 0.25) is 5.02 Å². The summed E-state index contributed by atoms with van der Waals surface area (Å²) in [6.45, 7) is 0. The van der Waals surface area contributed by atoms with Gasteiger partial charge in [0, 0.05) is 18.6 Å². The molecule has 2 fully saturated rings. The number of halogens is 1. The van der Waals surface area contributed by atoms with Crippen LogP contribution in [0.1, 0.15) is 32.1 Å². The van der Waals surface area contributed by atoms with Gasteiger partial charge in [-0.1, -0.05) is 36.2 Å². The average molecular weight is 397 g/mol. The number of nitrogens with one attached hydrogen (secondary N) is 2. The molecule has 8 nitrogen and oxygen atoms in total. The number of carbonyl (C=O) groups excluding carboxylic acids is 2. The fourth-order valence-electron chi connectivity index (χ4n) is 2.89. The summed E-state index contributed by atoms with van der Waals surface area (Å²) in [5.74, 6) is -0.700. The predicted octanol–water partition coefficient (Wildman–Crippen LogP) is 3.11. The van der Waals surface area contributed by atoms with Gasteiger partial charge in [-0.3, -0.25) is 24.7 Å². The van der Waals surface area contributed by atoms with Crippen LogP contribution >= 0.6 is 23.4 Å². The molecule has 10 heteroatoms. The number of thioether (sulfide) groups is 1. The Bertz CT molecular complexity index is 780. The number of amides is 2. The molecule has 2 aliphatic rings. The number of hydrogen-bond donors (Lipinski definition) is 2. The van der Waals surface area contributed by atoms with Crippen LogP contribution in [0.15, 0.2) is 23.2 Å². The minimum Gasteiger partial charge on any atom is -0.325 e. The van der Waals surface area contributed by atoms with Crippen LogP contribution in [-0.4, -0.2) is 33.2 Å². The number of benzene rings is 1. The molecule has 0 spiro atoms. The third kappa shape index (κ3) is 4.53. The molecule has 0 aromatic heterocycles. The zero-order valence-electron chi connectivity index (χ0n) is 13.7. The number of nitro benzene ring substituents is 1. The molecule has 26 heavy (non-hydrogen) atoms. The van der Waals surface area contributed by atoms with Crippen LogP contribution in [-0.2, 0) is 9.59 Å². The highest BCUT2D eigenvalue weighted by Crippen LogP contribution is 2.29. The summed E-state index contributed by atoms with van der Waals surface area (Å²) in [5.41, 5.74) is -0.0298. The molecule has 0 radical (unpaired) electrons. The lowest BCUT2D eigenvalue weighted by atomic mass is 10.2. The Labute approximate surface area is 158 Å². The van der Waals surface area contributed by atoms with Gasteiger partial charge in [-0.05, 0) is 18.9 Å². The normalized spacial score (nSPS) is 21.8. The smallest absolute Gasteiger partial charge is 0.271 e. The summed E-state index contributed by atoms with van der Waals surface area (Å²) in [4.78, 5) is 39.1. The number of rotatable bonds is 5. The minimum absolute atomic E-state index is 0.0702. The molecule has 3 rings (SSSR count). The number of nitro groups is 1. The Hall–Kier alpha value is -2.13. The largest absolute Gasteiger partial charge is 0.325 e. The van der Waals surface area contributed by atoms with Gasteiger partial charge in [0.1, 0.15) is 5.25 Å². The second-order valence-corrected chi connectivity index (χ2v) is 7.74. The van der Waals surface area contributed by atoms with Gasteiger partial charge in [0.15, 0.2) is 5.17 Å². The van der Waals surface area contributed by atoms with Gasteiger partial charge in [0.05, 0.1) is 21.7 Å². The van der Waals surface area contributed by atoms with Crippen LogP contribution in [0, 0.1) is 10.1 Å². The number of carbonyl (C=O) groups is 2. The molecular formula is C16H17ClN4O4S. The first-order chi connectivity index (χ1) is 12.4. The van der Waals surface area contributed by atoms with E-state index in [1.165, 1.54) is 30.0 Å². The molecule has 1 aliphatic heterocycles. The maximum absolute atomic E-state index is 12.2. The molecule has 2 amide bonds. The quantitative estimate of drug-likeness (QED) is 0.586. The van der Waals surface area contributed by atoms with Gasteiger partial charge in [-0.2, -0.15) is 0 Å². The van der Waals surface area contributed by atoms with Crippen LogP contribution in [0.5, 0.6) is 0 Å². The summed E-state index contributed by atoms with van der Waals surface area (Å²) in [6.07, 6.45) is 4.28. The van der Waals surface area contributed by atoms with Crippen LogP contribution in [0.4, 0.5) is 11.4 Å². The number of amidine groups is 1. The van der Waals surface area contributed by atoms with Gasteiger partial charge in [0.2, 0.25) is 11.8 Å². The fourth-order valence-corrected chi connectivity index (χ4v) is 4.10. The van der Waals surface area contributed by atoms with Gasteiger partial charge < -0.3 is 10.6 Å². The predicted molar refractivity (Wildman–Crippen MR) is 101 cm³/mol. The third-order valence-corrected chi connectivity index (χ3v) is 5.63. The molecule has 1 aromatic rings. The Morgan fingerprint density at radius 3 is 2.85 bits per heavy atom. The maximum Gasteiger partial charge on any atom is 0.271 e. The SMILES string of the molecule is O=C(CC1SC(=NC2CCCC2)NC1=O)Nc1cc([N+](=O)[O-])ccc1Cl. The van der Waals surface area contributed by atoms with Crippen LogP contribution in [0.3, 0.4) is 0 Å². The van der Waals surface area contributed by atoms with E-state index in [9.17, 15) is 19.7 Å². The summed E-state index contributed by atoms with van der Waals surface area (Å²) in [5, 5.41) is 16.3. The van der Waals surface area contributed by atoms with Gasteiger partial charge in [-0.25, -0.2) is 0 Å². The molecule has 1 unspecified atom stereocenters. The van der Waals surface area contributed by atoms with Crippen molar-refractivity contribution in [1.29, 1.82) is 0 Å². The molecule has 1 saturated heterocycles. The number of aliphatic imine (C=N–C) groups is 1. The zero-order chi connectivity index (χ0) is 18.7. The van der Waals surface area contributed by atoms with Gasteiger partial charge in [-0.15, -0.1) is 0 Å². The van der Waals surface area contributed by atoms with Crippen LogP contribution < -0.4 is 10.6 Å². The summed E-state index contributed by atoms with van der Waals surface area (Å²) in [6, 6.07) is 4.03. The Morgan fingerprint density at radius 1 is 1.42 bits per heavy atom. The highest BCUT2D eigenvalue weighted by atomic mass is 35.5. The summed E-state index contributed by atoms with van der Waals surface area (Å²) >= 11 is 7.21. The van der Waals surface area contributed by atoms with Gasteiger partial charge in [0.25, 0.3) is 5.69 Å². The second-order valence-electron chi connectivity index (χ2n) is 6.14. The lowest BCUT2D eigenvalue weighted by Gasteiger charge is -2.09. The molecule has 1 aliphatic carbocycles. The van der Waals surface area contributed by atoms with E-state index in [0.29, 0.717) is 5.17 Å². The third-order valence-electron chi connectivity index (χ3n) is 4.21. The number of hydrogen-bond acceptors (Lipinski definition) is 6. The number of anilines is 1. The standard InChI is InChI=1S/C16H17ClN4O4S/c17-11-6-5-10(21(24)25)7-12(11)19-14(22)8-13-15(23)20-16(26-13)18-9-3-1-2-4-9/h5-7,9,13H,1-4,8H2,(H,19,22)(H,18,20,23). The fraction of sp³-hybridized carbons (Fsp3) is 0.438. The summed E-state index contributed by atoms with van der Waals surface area (Å²) < 4.78 is 0.